The molecule has 1 aliphatic heterocycles. The standard InChI is InChI=1S/C27H35N3O4S/c1-4-30(5-2)35(32,33)23-10-6-20(7-11-23)8-13-27(31)29-16-14-21(15-17-29)25-19-28-26-12-9-22(34-3)18-24(25)26/h6-7,9-12,18-19,21,28H,4-5,8,13-17H2,1-3H3. The van der Waals surface area contributed by atoms with Crippen LogP contribution in [0.5, 0.6) is 5.75 Å². The highest BCUT2D eigenvalue weighted by atomic mass is 32.2. The normalized spacial score (nSPS) is 15.1. The van der Waals surface area contributed by atoms with Gasteiger partial charge in [-0.2, -0.15) is 4.31 Å². The van der Waals surface area contributed by atoms with Gasteiger partial charge < -0.3 is 14.6 Å². The first-order valence-corrected chi connectivity index (χ1v) is 13.8. The number of piperidine rings is 1. The van der Waals surface area contributed by atoms with Crippen LogP contribution in [0.1, 0.15) is 50.2 Å². The number of rotatable bonds is 9. The van der Waals surface area contributed by atoms with E-state index in [9.17, 15) is 13.2 Å². The maximum absolute atomic E-state index is 12.9. The summed E-state index contributed by atoms with van der Waals surface area (Å²) in [5.41, 5.74) is 3.38. The number of fused-ring (bicyclic) bond motifs is 1. The fourth-order valence-electron chi connectivity index (χ4n) is 4.98. The molecule has 8 heteroatoms. The van der Waals surface area contributed by atoms with Crippen LogP contribution in [0, 0.1) is 0 Å². The minimum absolute atomic E-state index is 0.156. The Kier molecular flexibility index (Phi) is 7.82. The summed E-state index contributed by atoms with van der Waals surface area (Å²) >= 11 is 0. The number of aryl methyl sites for hydroxylation is 1. The molecular weight excluding hydrogens is 462 g/mol. The van der Waals surface area contributed by atoms with Crippen molar-refractivity contribution in [1.82, 2.24) is 14.2 Å². The number of sulfonamides is 1. The predicted molar refractivity (Wildman–Crippen MR) is 138 cm³/mol. The topological polar surface area (TPSA) is 82.7 Å². The van der Waals surface area contributed by atoms with E-state index in [0.717, 1.165) is 42.8 Å². The SMILES string of the molecule is CCN(CC)S(=O)(=O)c1ccc(CCC(=O)N2CCC(c3c[nH]c4ccc(OC)cc34)CC2)cc1. The van der Waals surface area contributed by atoms with Crippen molar-refractivity contribution in [2.75, 3.05) is 33.3 Å². The fraction of sp³-hybridized carbons (Fsp3) is 0.444. The monoisotopic (exact) mass is 497 g/mol. The largest absolute Gasteiger partial charge is 0.497 e. The number of carbonyl (C=O) groups is 1. The first kappa shape index (κ1) is 25.3. The van der Waals surface area contributed by atoms with Crippen LogP contribution in [0.2, 0.25) is 0 Å². The number of amides is 1. The number of H-pyrrole nitrogens is 1. The molecule has 2 aromatic carbocycles. The second kappa shape index (κ2) is 10.8. The second-order valence-corrected chi connectivity index (χ2v) is 11.0. The zero-order chi connectivity index (χ0) is 25.0. The minimum atomic E-state index is -3.46. The highest BCUT2D eigenvalue weighted by Crippen LogP contribution is 2.34. The number of benzene rings is 2. The quantitative estimate of drug-likeness (QED) is 0.470. The molecule has 0 atom stereocenters. The molecule has 0 unspecified atom stereocenters. The molecule has 0 spiro atoms. The minimum Gasteiger partial charge on any atom is -0.497 e. The Balaban J connectivity index is 1.31. The fourth-order valence-corrected chi connectivity index (χ4v) is 6.43. The molecule has 0 aliphatic carbocycles. The number of nitrogens with one attached hydrogen (secondary N) is 1. The van der Waals surface area contributed by atoms with Crippen LogP contribution < -0.4 is 4.74 Å². The first-order chi connectivity index (χ1) is 16.9. The number of hydrogen-bond donors (Lipinski definition) is 1. The molecule has 0 bridgehead atoms. The average Bonchev–Trinajstić information content (AvgIpc) is 3.31. The van der Waals surface area contributed by atoms with Crippen LogP contribution in [-0.4, -0.2) is 61.8 Å². The van der Waals surface area contributed by atoms with Crippen LogP contribution >= 0.6 is 0 Å². The summed E-state index contributed by atoms with van der Waals surface area (Å²) in [5, 5.41) is 1.19. The molecule has 35 heavy (non-hydrogen) atoms. The van der Waals surface area contributed by atoms with Gasteiger partial charge in [0.2, 0.25) is 15.9 Å². The van der Waals surface area contributed by atoms with Crippen molar-refractivity contribution in [1.29, 1.82) is 0 Å². The molecule has 0 saturated carbocycles. The molecule has 0 radical (unpaired) electrons. The Morgan fingerprint density at radius 3 is 2.40 bits per heavy atom. The lowest BCUT2D eigenvalue weighted by Crippen LogP contribution is -2.38. The van der Waals surface area contributed by atoms with Gasteiger partial charge in [-0.15, -0.1) is 0 Å². The summed E-state index contributed by atoms with van der Waals surface area (Å²) in [5.74, 6) is 1.42. The van der Waals surface area contributed by atoms with E-state index in [-0.39, 0.29) is 5.91 Å². The van der Waals surface area contributed by atoms with E-state index in [0.29, 0.717) is 36.7 Å². The maximum atomic E-state index is 12.9. The zero-order valence-electron chi connectivity index (χ0n) is 20.8. The van der Waals surface area contributed by atoms with E-state index in [1.165, 1.54) is 15.3 Å². The first-order valence-electron chi connectivity index (χ1n) is 12.4. The van der Waals surface area contributed by atoms with Crippen LogP contribution in [0.4, 0.5) is 0 Å². The van der Waals surface area contributed by atoms with E-state index in [2.05, 4.69) is 17.2 Å². The van der Waals surface area contributed by atoms with Crippen molar-refractivity contribution in [2.45, 2.75) is 50.3 Å². The van der Waals surface area contributed by atoms with E-state index < -0.39 is 10.0 Å². The highest BCUT2D eigenvalue weighted by molar-refractivity contribution is 7.89. The van der Waals surface area contributed by atoms with Gasteiger partial charge in [0.15, 0.2) is 0 Å². The lowest BCUT2D eigenvalue weighted by molar-refractivity contribution is -0.132. The zero-order valence-corrected chi connectivity index (χ0v) is 21.6. The van der Waals surface area contributed by atoms with E-state index in [1.54, 1.807) is 19.2 Å². The Labute approximate surface area is 208 Å². The van der Waals surface area contributed by atoms with E-state index in [4.69, 9.17) is 4.74 Å². The van der Waals surface area contributed by atoms with Crippen LogP contribution in [0.15, 0.2) is 53.6 Å². The molecule has 188 valence electrons. The van der Waals surface area contributed by atoms with Gasteiger partial charge in [-0.1, -0.05) is 26.0 Å². The number of aromatic amines is 1. The molecule has 1 fully saturated rings. The van der Waals surface area contributed by atoms with Gasteiger partial charge in [0, 0.05) is 49.7 Å². The Morgan fingerprint density at radius 2 is 1.77 bits per heavy atom. The number of hydrogen-bond acceptors (Lipinski definition) is 4. The molecule has 7 nitrogen and oxygen atoms in total. The van der Waals surface area contributed by atoms with Gasteiger partial charge in [-0.3, -0.25) is 4.79 Å². The van der Waals surface area contributed by atoms with Crippen molar-refractivity contribution in [2.24, 2.45) is 0 Å². The van der Waals surface area contributed by atoms with Crippen molar-refractivity contribution < 1.29 is 17.9 Å². The van der Waals surface area contributed by atoms with Gasteiger partial charge in [0.25, 0.3) is 0 Å². The third kappa shape index (κ3) is 5.38. The number of aromatic nitrogens is 1. The number of likely N-dealkylation sites (tertiary alicyclic amines) is 1. The highest BCUT2D eigenvalue weighted by Gasteiger charge is 2.26. The summed E-state index contributed by atoms with van der Waals surface area (Å²) in [4.78, 5) is 18.5. The molecule has 1 aromatic heterocycles. The average molecular weight is 498 g/mol. The van der Waals surface area contributed by atoms with Gasteiger partial charge in [-0.25, -0.2) is 8.42 Å². The number of methoxy groups -OCH3 is 1. The lowest BCUT2D eigenvalue weighted by Gasteiger charge is -2.32. The maximum Gasteiger partial charge on any atom is 0.243 e. The molecule has 4 rings (SSSR count). The van der Waals surface area contributed by atoms with Crippen molar-refractivity contribution in [3.63, 3.8) is 0 Å². The second-order valence-electron chi connectivity index (χ2n) is 9.04. The van der Waals surface area contributed by atoms with Gasteiger partial charge >= 0.3 is 0 Å². The Hall–Kier alpha value is -2.84. The molecule has 1 N–H and O–H groups in total. The van der Waals surface area contributed by atoms with E-state index >= 15 is 0 Å². The number of carbonyl (C=O) groups excluding carboxylic acids is 1. The predicted octanol–water partition coefficient (Wildman–Crippen LogP) is 4.55. The van der Waals surface area contributed by atoms with Crippen LogP contribution in [-0.2, 0) is 21.2 Å². The smallest absolute Gasteiger partial charge is 0.243 e. The third-order valence-corrected chi connectivity index (χ3v) is 9.17. The summed E-state index contributed by atoms with van der Waals surface area (Å²) < 4.78 is 32.1. The molecule has 2 heterocycles. The summed E-state index contributed by atoms with van der Waals surface area (Å²) in [6.45, 7) is 6.06. The Bertz CT molecular complexity index is 1260. The van der Waals surface area contributed by atoms with Crippen LogP contribution in [0.25, 0.3) is 10.9 Å². The molecule has 1 amide bonds. The summed E-state index contributed by atoms with van der Waals surface area (Å²) in [6.07, 6.45) is 5.00. The van der Waals surface area contributed by atoms with Crippen molar-refractivity contribution in [3.8, 4) is 5.75 Å². The lowest BCUT2D eigenvalue weighted by atomic mass is 9.89. The number of nitrogens with zero attached hydrogens (tertiary/aromatic N) is 2. The molecular formula is C27H35N3O4S. The number of ether oxygens (including phenoxy) is 1. The van der Waals surface area contributed by atoms with Crippen LogP contribution in [0.3, 0.4) is 0 Å². The van der Waals surface area contributed by atoms with Gasteiger partial charge in [0.05, 0.1) is 12.0 Å². The molecule has 1 aliphatic rings. The van der Waals surface area contributed by atoms with Crippen molar-refractivity contribution >= 4 is 26.8 Å². The summed E-state index contributed by atoms with van der Waals surface area (Å²) in [6, 6.07) is 13.0. The van der Waals surface area contributed by atoms with Crippen molar-refractivity contribution in [3.05, 3.63) is 59.8 Å². The van der Waals surface area contributed by atoms with E-state index in [1.807, 2.05) is 43.0 Å². The third-order valence-electron chi connectivity index (χ3n) is 7.10. The van der Waals surface area contributed by atoms with Gasteiger partial charge in [-0.05, 0) is 66.6 Å². The Morgan fingerprint density at radius 1 is 1.09 bits per heavy atom. The summed E-state index contributed by atoms with van der Waals surface area (Å²) in [7, 11) is -1.78. The molecule has 3 aromatic rings. The van der Waals surface area contributed by atoms with Gasteiger partial charge in [0.1, 0.15) is 5.75 Å². The molecule has 1 saturated heterocycles.